The number of anilines is 1. The number of carbonyl (C=O) groups is 4. The highest BCUT2D eigenvalue weighted by atomic mass is 127. The number of halogens is 1. The zero-order valence-corrected chi connectivity index (χ0v) is 20.3. The molecule has 184 valence electrons. The molecule has 1 rings (SSSR count). The van der Waals surface area contributed by atoms with Gasteiger partial charge in [-0.3, -0.25) is 14.4 Å². The maximum Gasteiger partial charge on any atom is 0.321 e. The second-order valence-corrected chi connectivity index (χ2v) is 9.56. The number of urea groups is 1. The van der Waals surface area contributed by atoms with Crippen molar-refractivity contribution in [2.75, 3.05) is 11.9 Å². The van der Waals surface area contributed by atoms with Crippen LogP contribution in [0.3, 0.4) is 0 Å². The van der Waals surface area contributed by atoms with E-state index >= 15 is 0 Å². The third kappa shape index (κ3) is 12.4. The van der Waals surface area contributed by atoms with Gasteiger partial charge >= 0.3 is 23.9 Å². The van der Waals surface area contributed by atoms with Crippen molar-refractivity contribution >= 4 is 62.4 Å². The first-order chi connectivity index (χ1) is 15.4. The monoisotopic (exact) mass is 600 g/mol. The van der Waals surface area contributed by atoms with Crippen LogP contribution >= 0.6 is 22.6 Å². The van der Waals surface area contributed by atoms with Crippen molar-refractivity contribution in [3.05, 3.63) is 27.8 Å². The van der Waals surface area contributed by atoms with Crippen LogP contribution in [-0.2, 0) is 24.6 Å². The van der Waals surface area contributed by atoms with Crippen molar-refractivity contribution in [3.63, 3.8) is 0 Å². The van der Waals surface area contributed by atoms with Gasteiger partial charge in [-0.1, -0.05) is 0 Å². The molecule has 7 N–H and O–H groups in total. The topological polar surface area (TPSA) is 211 Å². The summed E-state index contributed by atoms with van der Waals surface area (Å²) >= 11 is 2.13. The van der Waals surface area contributed by atoms with Gasteiger partial charge in [-0.15, -0.1) is 0 Å². The minimum Gasteiger partial charge on any atom is -0.481 e. The van der Waals surface area contributed by atoms with E-state index in [9.17, 15) is 32.7 Å². The van der Waals surface area contributed by atoms with Gasteiger partial charge in [0.2, 0.25) is 0 Å². The number of aliphatic carboxylic acids is 3. The molecular formula is C18H25IN4O9S. The summed E-state index contributed by atoms with van der Waals surface area (Å²) in [5.74, 6) is -4.37. The number of carboxylic acids is 3. The third-order valence-electron chi connectivity index (χ3n) is 4.15. The Balaban J connectivity index is 2.46. The molecule has 0 aliphatic rings. The maximum absolute atomic E-state index is 12.1. The molecule has 0 aromatic heterocycles. The molecule has 1 aromatic carbocycles. The van der Waals surface area contributed by atoms with Crippen molar-refractivity contribution in [1.29, 1.82) is 0 Å². The summed E-state index contributed by atoms with van der Waals surface area (Å²) in [6.07, 6.45) is -0.630. The third-order valence-corrected chi connectivity index (χ3v) is 6.05. The van der Waals surface area contributed by atoms with E-state index in [1.165, 1.54) is 0 Å². The molecule has 33 heavy (non-hydrogen) atoms. The van der Waals surface area contributed by atoms with E-state index in [-0.39, 0.29) is 19.4 Å². The summed E-state index contributed by atoms with van der Waals surface area (Å²) in [5.41, 5.74) is 0.601. The van der Waals surface area contributed by atoms with Gasteiger partial charge in [-0.2, -0.15) is 17.9 Å². The van der Waals surface area contributed by atoms with Crippen LogP contribution in [0.4, 0.5) is 10.5 Å². The lowest BCUT2D eigenvalue weighted by Gasteiger charge is -2.18. The van der Waals surface area contributed by atoms with Crippen LogP contribution in [-0.4, -0.2) is 66.3 Å². The van der Waals surface area contributed by atoms with Crippen molar-refractivity contribution in [2.45, 2.75) is 44.2 Å². The average molecular weight is 600 g/mol. The molecule has 0 bridgehead atoms. The Kier molecular flexibility index (Phi) is 12.0. The summed E-state index contributed by atoms with van der Waals surface area (Å²) < 4.78 is 28.8. The molecule has 2 atom stereocenters. The van der Waals surface area contributed by atoms with Gasteiger partial charge in [-0.25, -0.2) is 4.79 Å². The van der Waals surface area contributed by atoms with Gasteiger partial charge < -0.3 is 26.0 Å². The minimum atomic E-state index is -4.55. The zero-order valence-electron chi connectivity index (χ0n) is 17.3. The van der Waals surface area contributed by atoms with Crippen LogP contribution in [0.2, 0.25) is 0 Å². The number of carbonyl (C=O) groups excluding carboxylic acids is 1. The number of unbranched alkanes of at least 4 members (excludes halogenated alkanes) is 1. The molecule has 0 heterocycles. The minimum absolute atomic E-state index is 0.121. The fraction of sp³-hybridized carbons (Fsp3) is 0.444. The van der Waals surface area contributed by atoms with Crippen molar-refractivity contribution in [3.8, 4) is 0 Å². The Bertz CT molecular complexity index is 941. The van der Waals surface area contributed by atoms with Crippen LogP contribution in [0, 0.1) is 3.57 Å². The molecule has 0 fully saturated rings. The Hall–Kier alpha value is -2.50. The predicted molar refractivity (Wildman–Crippen MR) is 125 cm³/mol. The number of nitrogens with one attached hydrogen (secondary N) is 4. The molecule has 0 saturated carbocycles. The highest BCUT2D eigenvalue weighted by Crippen LogP contribution is 2.11. The van der Waals surface area contributed by atoms with E-state index in [2.05, 4.69) is 33.2 Å². The Morgan fingerprint density at radius 2 is 1.42 bits per heavy atom. The van der Waals surface area contributed by atoms with Gasteiger partial charge in [0.1, 0.15) is 12.1 Å². The van der Waals surface area contributed by atoms with Crippen LogP contribution in [0.15, 0.2) is 24.3 Å². The first-order valence-electron chi connectivity index (χ1n) is 9.67. The van der Waals surface area contributed by atoms with Crippen molar-refractivity contribution < 1.29 is 42.9 Å². The van der Waals surface area contributed by atoms with E-state index < -0.39 is 59.1 Å². The quantitative estimate of drug-likeness (QED) is 0.112. The van der Waals surface area contributed by atoms with Crippen molar-refractivity contribution in [1.82, 2.24) is 14.8 Å². The molecule has 15 heteroatoms. The molecule has 0 unspecified atom stereocenters. The summed E-state index contributed by atoms with van der Waals surface area (Å²) in [6, 6.07) is 3.38. The summed E-state index contributed by atoms with van der Waals surface area (Å²) in [5, 5.41) is 32.1. The molecule has 0 spiro atoms. The molecular weight excluding hydrogens is 575 g/mol. The number of amides is 2. The number of benzene rings is 1. The van der Waals surface area contributed by atoms with Crippen LogP contribution in [0.5, 0.6) is 0 Å². The first-order valence-corrected chi connectivity index (χ1v) is 12.2. The predicted octanol–water partition coefficient (Wildman–Crippen LogP) is 0.778. The number of rotatable bonds is 15. The SMILES string of the molecule is O=C(O)CC[C@H](NS(=O)(=O)N[C@@H](CCCCNC(=O)Nc1ccc(I)cc1)C(=O)O)C(=O)O. The van der Waals surface area contributed by atoms with E-state index in [0.717, 1.165) is 3.57 Å². The molecule has 0 aliphatic heterocycles. The van der Waals surface area contributed by atoms with E-state index in [1.807, 2.05) is 16.9 Å². The van der Waals surface area contributed by atoms with E-state index in [4.69, 9.17) is 10.2 Å². The van der Waals surface area contributed by atoms with E-state index in [0.29, 0.717) is 12.1 Å². The van der Waals surface area contributed by atoms with Gasteiger partial charge in [-0.05, 0) is 72.5 Å². The van der Waals surface area contributed by atoms with Crippen molar-refractivity contribution in [2.24, 2.45) is 0 Å². The van der Waals surface area contributed by atoms with Gasteiger partial charge in [0.15, 0.2) is 0 Å². The molecule has 2 amide bonds. The lowest BCUT2D eigenvalue weighted by atomic mass is 10.1. The smallest absolute Gasteiger partial charge is 0.321 e. The fourth-order valence-corrected chi connectivity index (χ4v) is 4.14. The first kappa shape index (κ1) is 28.5. The summed E-state index contributed by atoms with van der Waals surface area (Å²) in [6.45, 7) is 0.212. The second-order valence-electron chi connectivity index (χ2n) is 6.84. The highest BCUT2D eigenvalue weighted by molar-refractivity contribution is 14.1. The Labute approximate surface area is 203 Å². The number of hydrogen-bond acceptors (Lipinski definition) is 6. The molecule has 0 aliphatic carbocycles. The second kappa shape index (κ2) is 13.9. The molecule has 0 saturated heterocycles. The van der Waals surface area contributed by atoms with E-state index in [1.54, 1.807) is 16.9 Å². The lowest BCUT2D eigenvalue weighted by Crippen LogP contribution is -2.51. The van der Waals surface area contributed by atoms with Gasteiger partial charge in [0.25, 0.3) is 10.2 Å². The number of hydrogen-bond donors (Lipinski definition) is 7. The fourth-order valence-electron chi connectivity index (χ4n) is 2.53. The average Bonchev–Trinajstić information content (AvgIpc) is 2.71. The zero-order chi connectivity index (χ0) is 25.0. The number of carboxylic acid groups (broad SMARTS) is 3. The Morgan fingerprint density at radius 3 is 1.94 bits per heavy atom. The normalized spacial score (nSPS) is 13.0. The maximum atomic E-state index is 12.1. The Morgan fingerprint density at radius 1 is 0.879 bits per heavy atom. The summed E-state index contributed by atoms with van der Waals surface area (Å²) in [7, 11) is -4.55. The lowest BCUT2D eigenvalue weighted by molar-refractivity contribution is -0.140. The highest BCUT2D eigenvalue weighted by Gasteiger charge is 2.28. The van der Waals surface area contributed by atoms with Crippen LogP contribution < -0.4 is 20.1 Å². The molecule has 13 nitrogen and oxygen atoms in total. The molecule has 0 radical (unpaired) electrons. The van der Waals surface area contributed by atoms with Crippen LogP contribution in [0.1, 0.15) is 32.1 Å². The van der Waals surface area contributed by atoms with Gasteiger partial charge in [0, 0.05) is 22.2 Å². The largest absolute Gasteiger partial charge is 0.481 e. The summed E-state index contributed by atoms with van der Waals surface area (Å²) in [4.78, 5) is 44.9. The standard InChI is InChI=1S/C18H25IN4O9S/c19-11-4-6-12(7-5-11)21-18(30)20-10-2-1-3-13(16(26)27)22-33(31,32)23-14(17(28)29)8-9-15(24)25/h4-7,13-14,22-23H,1-3,8-10H2,(H,24,25)(H,26,27)(H,28,29)(H2,20,21,30)/t13-,14-/m0/s1. The van der Waals surface area contributed by atoms with Gasteiger partial charge in [0.05, 0.1) is 0 Å². The van der Waals surface area contributed by atoms with Crippen LogP contribution in [0.25, 0.3) is 0 Å². The molecule has 1 aromatic rings.